The van der Waals surface area contributed by atoms with Crippen LogP contribution in [0.2, 0.25) is 0 Å². The summed E-state index contributed by atoms with van der Waals surface area (Å²) in [5, 5.41) is 0. The fourth-order valence-electron chi connectivity index (χ4n) is 2.66. The Morgan fingerprint density at radius 3 is 2.53 bits per heavy atom. The summed E-state index contributed by atoms with van der Waals surface area (Å²) in [6.07, 6.45) is 2.69. The van der Waals surface area contributed by atoms with Gasteiger partial charge in [-0.15, -0.1) is 24.0 Å². The van der Waals surface area contributed by atoms with Gasteiger partial charge in [-0.3, -0.25) is 4.99 Å². The number of nitrogens with zero attached hydrogens (tertiary/aromatic N) is 2. The molecule has 0 aromatic carbocycles. The molecule has 5 heteroatoms. The highest BCUT2D eigenvalue weighted by molar-refractivity contribution is 14.0. The molecule has 1 heterocycles. The third-order valence-corrected chi connectivity index (χ3v) is 3.73. The van der Waals surface area contributed by atoms with Gasteiger partial charge in [0.05, 0.1) is 6.10 Å². The van der Waals surface area contributed by atoms with Crippen LogP contribution in [0, 0.1) is 11.8 Å². The Morgan fingerprint density at radius 1 is 1.37 bits per heavy atom. The van der Waals surface area contributed by atoms with Crippen LogP contribution in [-0.4, -0.2) is 43.2 Å². The smallest absolute Gasteiger partial charge is 0.191 e. The van der Waals surface area contributed by atoms with Gasteiger partial charge in [0.1, 0.15) is 0 Å². The van der Waals surface area contributed by atoms with E-state index in [1.54, 1.807) is 0 Å². The number of hydrogen-bond acceptors (Lipinski definition) is 2. The summed E-state index contributed by atoms with van der Waals surface area (Å²) in [5.74, 6) is 1.75. The Hall–Kier alpha value is -0.0400. The molecule has 114 valence electrons. The minimum atomic E-state index is 0. The van der Waals surface area contributed by atoms with Crippen LogP contribution in [0.3, 0.4) is 0 Å². The van der Waals surface area contributed by atoms with Crippen LogP contribution in [0.15, 0.2) is 4.99 Å². The van der Waals surface area contributed by atoms with Crippen molar-refractivity contribution in [3.05, 3.63) is 0 Å². The number of ether oxygens (including phenoxy) is 1. The van der Waals surface area contributed by atoms with Gasteiger partial charge in [-0.25, -0.2) is 0 Å². The predicted molar refractivity (Wildman–Crippen MR) is 92.1 cm³/mol. The number of guanidine groups is 1. The van der Waals surface area contributed by atoms with Crippen molar-refractivity contribution in [2.75, 3.05) is 26.2 Å². The summed E-state index contributed by atoms with van der Waals surface area (Å²) in [6.45, 7) is 12.2. The van der Waals surface area contributed by atoms with E-state index < -0.39 is 0 Å². The lowest BCUT2D eigenvalue weighted by molar-refractivity contribution is -0.0491. The van der Waals surface area contributed by atoms with Gasteiger partial charge >= 0.3 is 0 Å². The maximum atomic E-state index is 6.01. The van der Waals surface area contributed by atoms with Gasteiger partial charge < -0.3 is 15.4 Å². The fraction of sp³-hybridized carbons (Fsp3) is 0.929. The molecule has 0 aromatic heterocycles. The molecule has 1 saturated heterocycles. The van der Waals surface area contributed by atoms with E-state index in [9.17, 15) is 0 Å². The SMILES string of the molecule is CCN(CC)C(N)=NCC1CCCOC1C(C)C.I. The third kappa shape index (κ3) is 5.85. The highest BCUT2D eigenvalue weighted by Crippen LogP contribution is 2.26. The largest absolute Gasteiger partial charge is 0.378 e. The molecule has 0 bridgehead atoms. The second-order valence-electron chi connectivity index (χ2n) is 5.35. The van der Waals surface area contributed by atoms with E-state index >= 15 is 0 Å². The van der Waals surface area contributed by atoms with Gasteiger partial charge in [0.25, 0.3) is 0 Å². The van der Waals surface area contributed by atoms with Gasteiger partial charge in [0, 0.05) is 32.2 Å². The van der Waals surface area contributed by atoms with Crippen LogP contribution >= 0.6 is 24.0 Å². The summed E-state index contributed by atoms with van der Waals surface area (Å²) in [4.78, 5) is 6.65. The molecule has 0 radical (unpaired) electrons. The molecule has 0 amide bonds. The Labute approximate surface area is 135 Å². The molecule has 1 rings (SSSR count). The molecular weight excluding hydrogens is 353 g/mol. The van der Waals surface area contributed by atoms with Crippen molar-refractivity contribution >= 4 is 29.9 Å². The summed E-state index contributed by atoms with van der Waals surface area (Å²) in [7, 11) is 0. The molecule has 0 spiro atoms. The lowest BCUT2D eigenvalue weighted by Crippen LogP contribution is -2.39. The quantitative estimate of drug-likeness (QED) is 0.451. The fourth-order valence-corrected chi connectivity index (χ4v) is 2.66. The van der Waals surface area contributed by atoms with E-state index in [1.807, 2.05) is 0 Å². The first kappa shape index (κ1) is 19.0. The average Bonchev–Trinajstić information content (AvgIpc) is 2.38. The van der Waals surface area contributed by atoms with Gasteiger partial charge in [-0.1, -0.05) is 13.8 Å². The van der Waals surface area contributed by atoms with Gasteiger partial charge in [0.2, 0.25) is 0 Å². The topological polar surface area (TPSA) is 50.8 Å². The zero-order chi connectivity index (χ0) is 13.5. The standard InChI is InChI=1S/C14H29N3O.HI/c1-5-17(6-2)14(15)16-10-12-8-7-9-18-13(12)11(3)4;/h11-13H,5-10H2,1-4H3,(H2,15,16);1H. The van der Waals surface area contributed by atoms with Crippen molar-refractivity contribution in [3.8, 4) is 0 Å². The minimum Gasteiger partial charge on any atom is -0.378 e. The number of halogens is 1. The first-order chi connectivity index (χ1) is 8.60. The molecule has 0 saturated carbocycles. The van der Waals surface area contributed by atoms with Crippen LogP contribution < -0.4 is 5.73 Å². The first-order valence-corrected chi connectivity index (χ1v) is 7.26. The first-order valence-electron chi connectivity index (χ1n) is 7.26. The molecule has 2 unspecified atom stereocenters. The normalized spacial score (nSPS) is 24.2. The van der Waals surface area contributed by atoms with Gasteiger partial charge in [0.15, 0.2) is 5.96 Å². The van der Waals surface area contributed by atoms with Crippen LogP contribution in [-0.2, 0) is 4.74 Å². The van der Waals surface area contributed by atoms with Crippen molar-refractivity contribution < 1.29 is 4.74 Å². The second kappa shape index (κ2) is 9.80. The molecular formula is C14H30IN3O. The highest BCUT2D eigenvalue weighted by atomic mass is 127. The van der Waals surface area contributed by atoms with Crippen LogP contribution in [0.5, 0.6) is 0 Å². The third-order valence-electron chi connectivity index (χ3n) is 3.73. The molecule has 0 aromatic rings. The summed E-state index contributed by atoms with van der Waals surface area (Å²) in [6, 6.07) is 0. The van der Waals surface area contributed by atoms with E-state index in [0.717, 1.165) is 32.7 Å². The minimum absolute atomic E-state index is 0. The Balaban J connectivity index is 0.00000324. The summed E-state index contributed by atoms with van der Waals surface area (Å²) < 4.78 is 5.87. The van der Waals surface area contributed by atoms with Gasteiger partial charge in [-0.2, -0.15) is 0 Å². The molecule has 1 fully saturated rings. The van der Waals surface area contributed by atoms with E-state index in [4.69, 9.17) is 10.5 Å². The van der Waals surface area contributed by atoms with Crippen molar-refractivity contribution in [1.82, 2.24) is 4.90 Å². The van der Waals surface area contributed by atoms with E-state index in [0.29, 0.717) is 23.9 Å². The molecule has 0 aliphatic carbocycles. The zero-order valence-corrected chi connectivity index (χ0v) is 15.1. The van der Waals surface area contributed by atoms with Crippen LogP contribution in [0.1, 0.15) is 40.5 Å². The number of nitrogens with two attached hydrogens (primary N) is 1. The zero-order valence-electron chi connectivity index (χ0n) is 12.8. The molecule has 1 aliphatic rings. The Kier molecular flexibility index (Phi) is 9.78. The van der Waals surface area contributed by atoms with Crippen molar-refractivity contribution in [2.45, 2.75) is 46.6 Å². The summed E-state index contributed by atoms with van der Waals surface area (Å²) in [5.41, 5.74) is 6.01. The predicted octanol–water partition coefficient (Wildman–Crippen LogP) is 2.71. The molecule has 2 N–H and O–H groups in total. The lowest BCUT2D eigenvalue weighted by atomic mass is 9.87. The number of rotatable bonds is 5. The van der Waals surface area contributed by atoms with Crippen molar-refractivity contribution in [3.63, 3.8) is 0 Å². The maximum Gasteiger partial charge on any atom is 0.191 e. The highest BCUT2D eigenvalue weighted by Gasteiger charge is 2.28. The van der Waals surface area contributed by atoms with Crippen molar-refractivity contribution in [2.24, 2.45) is 22.6 Å². The molecule has 4 nitrogen and oxygen atoms in total. The number of aliphatic imine (C=N–C) groups is 1. The van der Waals surface area contributed by atoms with Gasteiger partial charge in [-0.05, 0) is 32.6 Å². The Morgan fingerprint density at radius 2 is 2.00 bits per heavy atom. The van der Waals surface area contributed by atoms with E-state index in [1.165, 1.54) is 6.42 Å². The monoisotopic (exact) mass is 383 g/mol. The summed E-state index contributed by atoms with van der Waals surface area (Å²) >= 11 is 0. The lowest BCUT2D eigenvalue weighted by Gasteiger charge is -2.33. The number of hydrogen-bond donors (Lipinski definition) is 1. The van der Waals surface area contributed by atoms with E-state index in [-0.39, 0.29) is 24.0 Å². The second-order valence-corrected chi connectivity index (χ2v) is 5.35. The average molecular weight is 383 g/mol. The molecule has 19 heavy (non-hydrogen) atoms. The molecule has 2 atom stereocenters. The van der Waals surface area contributed by atoms with E-state index in [2.05, 4.69) is 37.6 Å². The van der Waals surface area contributed by atoms with Crippen LogP contribution in [0.4, 0.5) is 0 Å². The van der Waals surface area contributed by atoms with Crippen molar-refractivity contribution in [1.29, 1.82) is 0 Å². The van der Waals surface area contributed by atoms with Crippen LogP contribution in [0.25, 0.3) is 0 Å². The Bertz CT molecular complexity index is 267. The molecule has 1 aliphatic heterocycles. The maximum absolute atomic E-state index is 6.01.